The molecule has 0 aliphatic rings. The lowest BCUT2D eigenvalue weighted by Crippen LogP contribution is -2.14. The van der Waals surface area contributed by atoms with Crippen LogP contribution in [0.2, 0.25) is 0 Å². The first kappa shape index (κ1) is 17.0. The Bertz CT molecular complexity index is 647. The van der Waals surface area contributed by atoms with Crippen LogP contribution in [0.25, 0.3) is 0 Å². The summed E-state index contributed by atoms with van der Waals surface area (Å²) in [6.45, 7) is 7.58. The summed E-state index contributed by atoms with van der Waals surface area (Å²) in [5.74, 6) is 0.525. The molecule has 0 spiro atoms. The fraction of sp³-hybridized carbons (Fsp3) is 0.316. The Balaban J connectivity index is 2.05. The van der Waals surface area contributed by atoms with Crippen LogP contribution in [0.15, 0.2) is 42.5 Å². The molecule has 0 atom stereocenters. The quantitative estimate of drug-likeness (QED) is 0.787. The van der Waals surface area contributed by atoms with Gasteiger partial charge in [0.15, 0.2) is 0 Å². The number of carbonyl (C=O) groups excluding carboxylic acids is 1. The van der Waals surface area contributed by atoms with Crippen molar-refractivity contribution in [3.63, 3.8) is 0 Å². The average Bonchev–Trinajstić information content (AvgIpc) is 2.55. The van der Waals surface area contributed by atoms with Gasteiger partial charge in [0.05, 0.1) is 6.61 Å². The summed E-state index contributed by atoms with van der Waals surface area (Å²) in [6.07, 6.45) is 0. The second-order valence-corrected chi connectivity index (χ2v) is 5.29. The average molecular weight is 313 g/mol. The predicted molar refractivity (Wildman–Crippen MR) is 92.3 cm³/mol. The van der Waals surface area contributed by atoms with E-state index in [1.54, 1.807) is 12.1 Å². The molecule has 4 nitrogen and oxygen atoms in total. The molecule has 0 aromatic heterocycles. The van der Waals surface area contributed by atoms with E-state index in [9.17, 15) is 4.79 Å². The summed E-state index contributed by atoms with van der Waals surface area (Å²) in [7, 11) is 0. The van der Waals surface area contributed by atoms with E-state index in [1.807, 2.05) is 51.1 Å². The van der Waals surface area contributed by atoms with Gasteiger partial charge in [0.1, 0.15) is 12.4 Å². The van der Waals surface area contributed by atoms with Crippen LogP contribution in [0, 0.1) is 13.8 Å². The lowest BCUT2D eigenvalue weighted by atomic mass is 10.1. The number of hydrogen-bond acceptors (Lipinski definition) is 3. The molecule has 0 unspecified atom stereocenters. The van der Waals surface area contributed by atoms with Gasteiger partial charge in [-0.25, -0.2) is 0 Å². The van der Waals surface area contributed by atoms with Gasteiger partial charge in [-0.2, -0.15) is 0 Å². The van der Waals surface area contributed by atoms with Crippen LogP contribution in [0.4, 0.5) is 5.69 Å². The Morgan fingerprint density at radius 2 is 1.74 bits per heavy atom. The maximum Gasteiger partial charge on any atom is 0.255 e. The number of aryl methyl sites for hydroxylation is 2. The van der Waals surface area contributed by atoms with Gasteiger partial charge in [-0.1, -0.05) is 24.3 Å². The van der Waals surface area contributed by atoms with E-state index >= 15 is 0 Å². The number of hydrogen-bond donors (Lipinski definition) is 1. The number of rotatable bonds is 7. The van der Waals surface area contributed by atoms with Gasteiger partial charge in [-0.3, -0.25) is 4.79 Å². The second kappa shape index (κ2) is 8.34. The number of benzene rings is 2. The van der Waals surface area contributed by atoms with Crippen LogP contribution >= 0.6 is 0 Å². The highest BCUT2D eigenvalue weighted by Crippen LogP contribution is 2.21. The first-order valence-electron chi connectivity index (χ1n) is 7.80. The van der Waals surface area contributed by atoms with E-state index in [2.05, 4.69) is 5.32 Å². The van der Waals surface area contributed by atoms with Crippen molar-refractivity contribution in [2.75, 3.05) is 25.1 Å². The van der Waals surface area contributed by atoms with Gasteiger partial charge in [-0.05, 0) is 50.1 Å². The topological polar surface area (TPSA) is 47.6 Å². The van der Waals surface area contributed by atoms with Crippen LogP contribution in [0.5, 0.6) is 5.75 Å². The summed E-state index contributed by atoms with van der Waals surface area (Å²) in [4.78, 5) is 12.5. The lowest BCUT2D eigenvalue weighted by Gasteiger charge is -2.12. The maximum absolute atomic E-state index is 12.5. The van der Waals surface area contributed by atoms with E-state index in [-0.39, 0.29) is 5.91 Å². The van der Waals surface area contributed by atoms with Gasteiger partial charge in [0.2, 0.25) is 0 Å². The van der Waals surface area contributed by atoms with Crippen molar-refractivity contribution >= 4 is 11.6 Å². The number of amides is 1. The van der Waals surface area contributed by atoms with Crippen LogP contribution in [0.1, 0.15) is 28.4 Å². The monoisotopic (exact) mass is 313 g/mol. The molecule has 4 heteroatoms. The van der Waals surface area contributed by atoms with Crippen LogP contribution in [-0.2, 0) is 4.74 Å². The molecule has 0 bridgehead atoms. The highest BCUT2D eigenvalue weighted by molar-refractivity contribution is 6.05. The zero-order valence-corrected chi connectivity index (χ0v) is 13.9. The number of ether oxygens (including phenoxy) is 2. The molecule has 23 heavy (non-hydrogen) atoms. The zero-order valence-electron chi connectivity index (χ0n) is 13.9. The summed E-state index contributed by atoms with van der Waals surface area (Å²) in [5, 5.41) is 2.98. The third kappa shape index (κ3) is 4.83. The number of nitrogens with one attached hydrogen (secondary N) is 1. The van der Waals surface area contributed by atoms with Gasteiger partial charge < -0.3 is 14.8 Å². The SMILES string of the molecule is CCOCCOc1cccc(C(=O)Nc2c(C)cccc2C)c1. The van der Waals surface area contributed by atoms with Gasteiger partial charge in [0.25, 0.3) is 5.91 Å². The van der Waals surface area contributed by atoms with E-state index in [1.165, 1.54) is 0 Å². The molecule has 2 aromatic rings. The molecule has 122 valence electrons. The minimum Gasteiger partial charge on any atom is -0.491 e. The molecule has 0 aliphatic heterocycles. The summed E-state index contributed by atoms with van der Waals surface area (Å²) >= 11 is 0. The Morgan fingerprint density at radius 3 is 2.43 bits per heavy atom. The first-order chi connectivity index (χ1) is 11.1. The molecule has 1 N–H and O–H groups in total. The molecule has 0 aliphatic carbocycles. The Hall–Kier alpha value is -2.33. The highest BCUT2D eigenvalue weighted by atomic mass is 16.5. The van der Waals surface area contributed by atoms with Crippen LogP contribution in [0.3, 0.4) is 0 Å². The second-order valence-electron chi connectivity index (χ2n) is 5.29. The zero-order chi connectivity index (χ0) is 16.7. The minimum atomic E-state index is -0.141. The van der Waals surface area contributed by atoms with Crippen molar-refractivity contribution in [1.82, 2.24) is 0 Å². The minimum absolute atomic E-state index is 0.141. The molecule has 0 saturated carbocycles. The Kier molecular flexibility index (Phi) is 6.18. The van der Waals surface area contributed by atoms with Crippen molar-refractivity contribution < 1.29 is 14.3 Å². The fourth-order valence-electron chi connectivity index (χ4n) is 2.29. The third-order valence-electron chi connectivity index (χ3n) is 3.52. The van der Waals surface area contributed by atoms with Gasteiger partial charge in [0, 0.05) is 17.9 Å². The first-order valence-corrected chi connectivity index (χ1v) is 7.80. The molecule has 0 saturated heterocycles. The molecule has 2 rings (SSSR count). The molecule has 1 amide bonds. The van der Waals surface area contributed by atoms with E-state index in [4.69, 9.17) is 9.47 Å². The largest absolute Gasteiger partial charge is 0.491 e. The van der Waals surface area contributed by atoms with Crippen molar-refractivity contribution in [3.05, 3.63) is 59.2 Å². The van der Waals surface area contributed by atoms with E-state index in [0.717, 1.165) is 16.8 Å². The molecule has 0 heterocycles. The summed E-state index contributed by atoms with van der Waals surface area (Å²) < 4.78 is 10.8. The van der Waals surface area contributed by atoms with E-state index < -0.39 is 0 Å². The number of carbonyl (C=O) groups is 1. The van der Waals surface area contributed by atoms with Crippen molar-refractivity contribution in [3.8, 4) is 5.75 Å². The third-order valence-corrected chi connectivity index (χ3v) is 3.52. The van der Waals surface area contributed by atoms with Crippen LogP contribution < -0.4 is 10.1 Å². The van der Waals surface area contributed by atoms with Crippen molar-refractivity contribution in [2.24, 2.45) is 0 Å². The molecular formula is C19H23NO3. The number of para-hydroxylation sites is 1. The van der Waals surface area contributed by atoms with E-state index in [0.29, 0.717) is 31.1 Å². The smallest absolute Gasteiger partial charge is 0.255 e. The fourth-order valence-corrected chi connectivity index (χ4v) is 2.29. The highest BCUT2D eigenvalue weighted by Gasteiger charge is 2.10. The Labute approximate surface area is 137 Å². The van der Waals surface area contributed by atoms with Crippen molar-refractivity contribution in [1.29, 1.82) is 0 Å². The maximum atomic E-state index is 12.5. The lowest BCUT2D eigenvalue weighted by molar-refractivity contribution is 0.102. The standard InChI is InChI=1S/C19H23NO3/c1-4-22-11-12-23-17-10-6-9-16(13-17)19(21)20-18-14(2)7-5-8-15(18)3/h5-10,13H,4,11-12H2,1-3H3,(H,20,21). The van der Waals surface area contributed by atoms with Gasteiger partial charge in [-0.15, -0.1) is 0 Å². The molecule has 0 fully saturated rings. The molecule has 0 radical (unpaired) electrons. The predicted octanol–water partition coefficient (Wildman–Crippen LogP) is 3.97. The summed E-state index contributed by atoms with van der Waals surface area (Å²) in [5.41, 5.74) is 3.52. The van der Waals surface area contributed by atoms with Crippen molar-refractivity contribution in [2.45, 2.75) is 20.8 Å². The van der Waals surface area contributed by atoms with Gasteiger partial charge >= 0.3 is 0 Å². The number of anilines is 1. The normalized spacial score (nSPS) is 10.4. The molecular weight excluding hydrogens is 290 g/mol. The summed E-state index contributed by atoms with van der Waals surface area (Å²) in [6, 6.07) is 13.1. The van der Waals surface area contributed by atoms with Crippen LogP contribution in [-0.4, -0.2) is 25.7 Å². The molecule has 2 aromatic carbocycles. The Morgan fingerprint density at radius 1 is 1.04 bits per heavy atom.